The number of hydrogen-bond donors (Lipinski definition) is 1. The van der Waals surface area contributed by atoms with Crippen molar-refractivity contribution in [3.8, 4) is 0 Å². The van der Waals surface area contributed by atoms with E-state index in [1.165, 1.54) is 45.2 Å². The van der Waals surface area contributed by atoms with E-state index in [2.05, 4.69) is 37.9 Å². The summed E-state index contributed by atoms with van der Waals surface area (Å²) in [5.74, 6) is 0.843. The Labute approximate surface area is 132 Å². The third kappa shape index (κ3) is 6.66. The van der Waals surface area contributed by atoms with Gasteiger partial charge in [-0.25, -0.2) is 0 Å². The van der Waals surface area contributed by atoms with Crippen LogP contribution in [0.4, 0.5) is 0 Å². The Morgan fingerprint density at radius 2 is 1.95 bits per heavy atom. The van der Waals surface area contributed by atoms with Crippen LogP contribution >= 0.6 is 0 Å². The van der Waals surface area contributed by atoms with Crippen molar-refractivity contribution in [1.29, 1.82) is 0 Å². The molecule has 0 radical (unpaired) electrons. The van der Waals surface area contributed by atoms with Gasteiger partial charge < -0.3 is 15.0 Å². The third-order valence-corrected chi connectivity index (χ3v) is 5.01. The van der Waals surface area contributed by atoms with Crippen molar-refractivity contribution in [2.75, 3.05) is 45.9 Å². The molecule has 1 unspecified atom stereocenters. The van der Waals surface area contributed by atoms with Crippen LogP contribution in [0.1, 0.15) is 59.8 Å². The molecule has 1 saturated heterocycles. The monoisotopic (exact) mass is 298 g/mol. The van der Waals surface area contributed by atoms with Gasteiger partial charge in [-0.15, -0.1) is 0 Å². The molecule has 1 rings (SSSR count). The quantitative estimate of drug-likeness (QED) is 0.591. The molecular weight excluding hydrogens is 260 g/mol. The zero-order valence-corrected chi connectivity index (χ0v) is 14.9. The van der Waals surface area contributed by atoms with E-state index in [9.17, 15) is 0 Å². The van der Waals surface area contributed by atoms with Crippen LogP contribution < -0.4 is 5.32 Å². The second kappa shape index (κ2) is 10.6. The minimum Gasteiger partial charge on any atom is -0.381 e. The van der Waals surface area contributed by atoms with Gasteiger partial charge in [0.1, 0.15) is 0 Å². The maximum atomic E-state index is 5.85. The lowest BCUT2D eigenvalue weighted by atomic mass is 9.81. The van der Waals surface area contributed by atoms with Gasteiger partial charge in [0.2, 0.25) is 0 Å². The van der Waals surface area contributed by atoms with Gasteiger partial charge >= 0.3 is 0 Å². The van der Waals surface area contributed by atoms with Crippen LogP contribution in [0.25, 0.3) is 0 Å². The highest BCUT2D eigenvalue weighted by Gasteiger charge is 2.34. The second-order valence-electron chi connectivity index (χ2n) is 6.84. The van der Waals surface area contributed by atoms with Gasteiger partial charge in [0.15, 0.2) is 0 Å². The van der Waals surface area contributed by atoms with E-state index in [1.807, 2.05) is 0 Å². The van der Waals surface area contributed by atoms with Crippen molar-refractivity contribution in [3.05, 3.63) is 0 Å². The molecule has 1 N–H and O–H groups in total. The first-order valence-electron chi connectivity index (χ1n) is 9.20. The first-order chi connectivity index (χ1) is 10.2. The first kappa shape index (κ1) is 18.9. The molecular formula is C18H38N2O. The summed E-state index contributed by atoms with van der Waals surface area (Å²) in [6.45, 7) is 16.9. The fourth-order valence-corrected chi connectivity index (χ4v) is 3.45. The third-order valence-electron chi connectivity index (χ3n) is 5.01. The highest BCUT2D eigenvalue weighted by Crippen LogP contribution is 2.29. The van der Waals surface area contributed by atoms with Crippen molar-refractivity contribution < 1.29 is 4.74 Å². The molecule has 3 heteroatoms. The lowest BCUT2D eigenvalue weighted by Gasteiger charge is -2.41. The number of rotatable bonds is 11. The van der Waals surface area contributed by atoms with Gasteiger partial charge in [0.25, 0.3) is 0 Å². The summed E-state index contributed by atoms with van der Waals surface area (Å²) in [5, 5.41) is 3.65. The molecule has 0 aliphatic carbocycles. The Kier molecular flexibility index (Phi) is 9.54. The summed E-state index contributed by atoms with van der Waals surface area (Å²) in [6.07, 6.45) is 6.33. The fourth-order valence-electron chi connectivity index (χ4n) is 3.45. The minimum atomic E-state index is 0.329. The summed E-state index contributed by atoms with van der Waals surface area (Å²) in [5.41, 5.74) is 0.329. The van der Waals surface area contributed by atoms with Crippen LogP contribution in [0.2, 0.25) is 0 Å². The first-order valence-corrected chi connectivity index (χ1v) is 9.20. The molecule has 126 valence electrons. The second-order valence-corrected chi connectivity index (χ2v) is 6.84. The standard InChI is InChI=1S/C18H38N2O/c1-5-11-19-14-18(10-9-12-21-16-18)15-20(8-4)13-17(6-2)7-3/h17,19H,5-16H2,1-4H3. The molecule has 1 atom stereocenters. The van der Waals surface area contributed by atoms with Crippen LogP contribution in [-0.4, -0.2) is 50.8 Å². The number of nitrogens with zero attached hydrogens (tertiary/aromatic N) is 1. The lowest BCUT2D eigenvalue weighted by Crippen LogP contribution is -2.50. The molecule has 0 spiro atoms. The Morgan fingerprint density at radius 3 is 2.48 bits per heavy atom. The van der Waals surface area contributed by atoms with Crippen molar-refractivity contribution in [1.82, 2.24) is 10.2 Å². The van der Waals surface area contributed by atoms with Gasteiger partial charge in [0.05, 0.1) is 6.61 Å². The molecule has 0 bridgehead atoms. The van der Waals surface area contributed by atoms with Crippen molar-refractivity contribution in [2.45, 2.75) is 59.8 Å². The minimum absolute atomic E-state index is 0.329. The Morgan fingerprint density at radius 1 is 1.19 bits per heavy atom. The maximum Gasteiger partial charge on any atom is 0.0546 e. The molecule has 3 nitrogen and oxygen atoms in total. The molecule has 0 saturated carbocycles. The summed E-state index contributed by atoms with van der Waals surface area (Å²) >= 11 is 0. The SMILES string of the molecule is CCCNCC1(CN(CC)CC(CC)CC)CCCOC1. The highest BCUT2D eigenvalue weighted by molar-refractivity contribution is 4.87. The Bertz CT molecular complexity index is 248. The fraction of sp³-hybridized carbons (Fsp3) is 1.00. The van der Waals surface area contributed by atoms with Gasteiger partial charge in [0, 0.05) is 31.7 Å². The summed E-state index contributed by atoms with van der Waals surface area (Å²) < 4.78 is 5.85. The van der Waals surface area contributed by atoms with Crippen LogP contribution in [0.3, 0.4) is 0 Å². The van der Waals surface area contributed by atoms with E-state index in [1.54, 1.807) is 0 Å². The molecule has 1 fully saturated rings. The van der Waals surface area contributed by atoms with Crippen molar-refractivity contribution in [3.63, 3.8) is 0 Å². The Balaban J connectivity index is 2.59. The van der Waals surface area contributed by atoms with Gasteiger partial charge in [-0.05, 0) is 38.3 Å². The van der Waals surface area contributed by atoms with E-state index in [0.29, 0.717) is 5.41 Å². The van der Waals surface area contributed by atoms with Gasteiger partial charge in [-0.2, -0.15) is 0 Å². The van der Waals surface area contributed by atoms with Gasteiger partial charge in [-0.1, -0.05) is 40.5 Å². The summed E-state index contributed by atoms with van der Waals surface area (Å²) in [4.78, 5) is 2.67. The van der Waals surface area contributed by atoms with E-state index in [4.69, 9.17) is 4.74 Å². The molecule has 1 aliphatic heterocycles. The molecule has 1 aliphatic rings. The summed E-state index contributed by atoms with van der Waals surface area (Å²) in [6, 6.07) is 0. The molecule has 1 heterocycles. The molecule has 21 heavy (non-hydrogen) atoms. The zero-order valence-electron chi connectivity index (χ0n) is 14.9. The van der Waals surface area contributed by atoms with E-state index in [0.717, 1.165) is 38.8 Å². The van der Waals surface area contributed by atoms with Crippen LogP contribution in [-0.2, 0) is 4.74 Å². The largest absolute Gasteiger partial charge is 0.381 e. The van der Waals surface area contributed by atoms with Crippen molar-refractivity contribution >= 4 is 0 Å². The molecule has 0 amide bonds. The lowest BCUT2D eigenvalue weighted by molar-refractivity contribution is -0.0275. The topological polar surface area (TPSA) is 24.5 Å². The summed E-state index contributed by atoms with van der Waals surface area (Å²) in [7, 11) is 0. The van der Waals surface area contributed by atoms with E-state index < -0.39 is 0 Å². The van der Waals surface area contributed by atoms with E-state index in [-0.39, 0.29) is 0 Å². The van der Waals surface area contributed by atoms with Crippen LogP contribution in [0.5, 0.6) is 0 Å². The van der Waals surface area contributed by atoms with Gasteiger partial charge in [-0.3, -0.25) is 0 Å². The highest BCUT2D eigenvalue weighted by atomic mass is 16.5. The van der Waals surface area contributed by atoms with Crippen LogP contribution in [0.15, 0.2) is 0 Å². The Hall–Kier alpha value is -0.120. The molecule has 0 aromatic heterocycles. The average molecular weight is 299 g/mol. The number of nitrogens with one attached hydrogen (secondary N) is 1. The normalized spacial score (nSPS) is 23.1. The maximum absolute atomic E-state index is 5.85. The van der Waals surface area contributed by atoms with Crippen molar-refractivity contribution in [2.24, 2.45) is 11.3 Å². The smallest absolute Gasteiger partial charge is 0.0546 e. The zero-order chi connectivity index (χ0) is 15.6. The predicted octanol–water partition coefficient (Wildman–Crippen LogP) is 3.54. The predicted molar refractivity (Wildman–Crippen MR) is 91.8 cm³/mol. The van der Waals surface area contributed by atoms with E-state index >= 15 is 0 Å². The van der Waals surface area contributed by atoms with Crippen LogP contribution in [0, 0.1) is 11.3 Å². The molecule has 0 aromatic carbocycles. The number of hydrogen-bond acceptors (Lipinski definition) is 3. The number of ether oxygens (including phenoxy) is 1. The molecule has 0 aromatic rings. The average Bonchev–Trinajstić information content (AvgIpc) is 2.52.